The van der Waals surface area contributed by atoms with Crippen LogP contribution in [0.4, 0.5) is 0 Å². The second-order valence-corrected chi connectivity index (χ2v) is 5.13. The Labute approximate surface area is 133 Å². The maximum atomic E-state index is 11.5. The van der Waals surface area contributed by atoms with Gasteiger partial charge >= 0.3 is 11.9 Å². The molecule has 1 aliphatic heterocycles. The number of carbonyl (C=O) groups is 2. The highest BCUT2D eigenvalue weighted by molar-refractivity contribution is 5.77. The van der Waals surface area contributed by atoms with Crippen molar-refractivity contribution in [1.29, 1.82) is 0 Å². The highest BCUT2D eigenvalue weighted by Gasteiger charge is 2.48. The van der Waals surface area contributed by atoms with Gasteiger partial charge in [-0.2, -0.15) is 4.57 Å². The van der Waals surface area contributed by atoms with Crippen molar-refractivity contribution in [3.8, 4) is 0 Å². The van der Waals surface area contributed by atoms with Crippen LogP contribution in [-0.2, 0) is 23.8 Å². The number of rotatable bonds is 6. The lowest BCUT2D eigenvalue weighted by Crippen LogP contribution is -2.45. The summed E-state index contributed by atoms with van der Waals surface area (Å²) in [5.74, 6) is -1.11. The Morgan fingerprint density at radius 2 is 1.74 bits per heavy atom. The summed E-state index contributed by atoms with van der Waals surface area (Å²) in [6.45, 7) is -0.206. The predicted molar refractivity (Wildman–Crippen MR) is 74.8 cm³/mol. The number of nitrogens with zero attached hydrogens (tertiary/aromatic N) is 1. The zero-order chi connectivity index (χ0) is 16.8. The second kappa shape index (κ2) is 8.00. The van der Waals surface area contributed by atoms with Crippen molar-refractivity contribution in [1.82, 2.24) is 0 Å². The van der Waals surface area contributed by atoms with Gasteiger partial charge in [0.2, 0.25) is 0 Å². The molecule has 1 aromatic rings. The van der Waals surface area contributed by atoms with Gasteiger partial charge in [0.05, 0.1) is 20.0 Å². The SMILES string of the molecule is COC(=O)CCC(=O)OC[C@H]1O[C@@H]([n+]2ccccc2)[C@H](O)[C@@H]1O. The van der Waals surface area contributed by atoms with E-state index in [1.54, 1.807) is 29.1 Å². The van der Waals surface area contributed by atoms with Gasteiger partial charge in [-0.3, -0.25) is 9.59 Å². The lowest BCUT2D eigenvalue weighted by molar-refractivity contribution is -0.765. The first-order chi connectivity index (χ1) is 11.0. The van der Waals surface area contributed by atoms with Crippen molar-refractivity contribution in [3.05, 3.63) is 30.6 Å². The number of pyridine rings is 1. The lowest BCUT2D eigenvalue weighted by atomic mass is 10.1. The summed E-state index contributed by atoms with van der Waals surface area (Å²) in [7, 11) is 1.24. The van der Waals surface area contributed by atoms with E-state index in [0.29, 0.717) is 0 Å². The van der Waals surface area contributed by atoms with Crippen LogP contribution >= 0.6 is 0 Å². The van der Waals surface area contributed by atoms with Crippen LogP contribution < -0.4 is 4.57 Å². The van der Waals surface area contributed by atoms with Crippen LogP contribution in [0, 0.1) is 0 Å². The lowest BCUT2D eigenvalue weighted by Gasteiger charge is -2.13. The van der Waals surface area contributed by atoms with Crippen LogP contribution in [0.15, 0.2) is 30.6 Å². The number of aliphatic hydroxyl groups is 2. The Morgan fingerprint density at radius 3 is 2.39 bits per heavy atom. The molecule has 1 aromatic heterocycles. The zero-order valence-electron chi connectivity index (χ0n) is 12.7. The number of esters is 2. The van der Waals surface area contributed by atoms with Gasteiger partial charge in [-0.15, -0.1) is 0 Å². The van der Waals surface area contributed by atoms with Gasteiger partial charge in [0.15, 0.2) is 18.5 Å². The summed E-state index contributed by atoms with van der Waals surface area (Å²) < 4.78 is 16.6. The molecular weight excluding hydrogens is 306 g/mol. The van der Waals surface area contributed by atoms with Crippen LogP contribution in [0.5, 0.6) is 0 Å². The molecule has 0 aliphatic carbocycles. The highest BCUT2D eigenvalue weighted by atomic mass is 16.6. The van der Waals surface area contributed by atoms with E-state index in [-0.39, 0.29) is 19.4 Å². The molecule has 1 aliphatic rings. The Bertz CT molecular complexity index is 536. The average Bonchev–Trinajstić information content (AvgIpc) is 2.86. The summed E-state index contributed by atoms with van der Waals surface area (Å²) in [4.78, 5) is 22.5. The van der Waals surface area contributed by atoms with Crippen LogP contribution in [-0.4, -0.2) is 54.2 Å². The van der Waals surface area contributed by atoms with Crippen LogP contribution in [0.3, 0.4) is 0 Å². The molecule has 0 saturated carbocycles. The van der Waals surface area contributed by atoms with E-state index >= 15 is 0 Å². The van der Waals surface area contributed by atoms with Crippen molar-refractivity contribution < 1.29 is 38.6 Å². The van der Waals surface area contributed by atoms with Crippen molar-refractivity contribution >= 4 is 11.9 Å². The molecule has 0 spiro atoms. The van der Waals surface area contributed by atoms with E-state index in [2.05, 4.69) is 4.74 Å². The van der Waals surface area contributed by atoms with Crippen LogP contribution in [0.1, 0.15) is 19.1 Å². The third-order valence-electron chi connectivity index (χ3n) is 3.54. The molecule has 1 saturated heterocycles. The van der Waals surface area contributed by atoms with Gasteiger partial charge in [0.1, 0.15) is 18.8 Å². The molecule has 8 nitrogen and oxygen atoms in total. The molecule has 0 amide bonds. The standard InChI is InChI=1S/C15H20NO7/c1-21-11(17)5-6-12(18)22-9-10-13(19)14(20)15(23-10)16-7-3-2-4-8-16/h2-4,7-8,10,13-15,19-20H,5-6,9H2,1H3/q+1/t10-,13-,14-,15-/m1/s1. The largest absolute Gasteiger partial charge is 0.469 e. The molecule has 1 fully saturated rings. The smallest absolute Gasteiger partial charge is 0.306 e. The molecule has 0 bridgehead atoms. The molecular formula is C15H20NO7+. The van der Waals surface area contributed by atoms with Gasteiger partial charge in [0, 0.05) is 12.1 Å². The summed E-state index contributed by atoms with van der Waals surface area (Å²) in [5.41, 5.74) is 0. The molecule has 2 rings (SSSR count). The summed E-state index contributed by atoms with van der Waals surface area (Å²) in [6.07, 6.45) is -0.711. The minimum Gasteiger partial charge on any atom is -0.469 e. The first-order valence-corrected chi connectivity index (χ1v) is 7.22. The molecule has 0 radical (unpaired) electrons. The van der Waals surface area contributed by atoms with E-state index in [1.807, 2.05) is 6.07 Å². The molecule has 126 valence electrons. The predicted octanol–water partition coefficient (Wildman–Crippen LogP) is -0.910. The van der Waals surface area contributed by atoms with Crippen molar-refractivity contribution in [3.63, 3.8) is 0 Å². The van der Waals surface area contributed by atoms with E-state index in [4.69, 9.17) is 9.47 Å². The Morgan fingerprint density at radius 1 is 1.09 bits per heavy atom. The van der Waals surface area contributed by atoms with Gasteiger partial charge in [-0.25, -0.2) is 0 Å². The normalized spacial score (nSPS) is 26.7. The number of ether oxygens (including phenoxy) is 3. The third kappa shape index (κ3) is 4.47. The van der Waals surface area contributed by atoms with Gasteiger partial charge < -0.3 is 24.4 Å². The van der Waals surface area contributed by atoms with Gasteiger partial charge in [-0.05, 0) is 0 Å². The number of hydrogen-bond acceptors (Lipinski definition) is 7. The minimum absolute atomic E-state index is 0.0749. The number of aliphatic hydroxyl groups excluding tert-OH is 2. The quantitative estimate of drug-likeness (QED) is 0.515. The van der Waals surface area contributed by atoms with Gasteiger partial charge in [-0.1, -0.05) is 6.07 Å². The molecule has 2 N–H and O–H groups in total. The highest BCUT2D eigenvalue weighted by Crippen LogP contribution is 2.25. The maximum Gasteiger partial charge on any atom is 0.306 e. The average molecular weight is 326 g/mol. The topological polar surface area (TPSA) is 106 Å². The van der Waals surface area contributed by atoms with E-state index < -0.39 is 36.5 Å². The minimum atomic E-state index is -1.18. The fraction of sp³-hybridized carbons (Fsp3) is 0.533. The fourth-order valence-electron chi connectivity index (χ4n) is 2.25. The summed E-state index contributed by atoms with van der Waals surface area (Å²) in [6, 6.07) is 5.35. The Kier molecular flexibility index (Phi) is 6.03. The fourth-order valence-corrected chi connectivity index (χ4v) is 2.25. The summed E-state index contributed by atoms with van der Waals surface area (Å²) in [5, 5.41) is 20.1. The zero-order valence-corrected chi connectivity index (χ0v) is 12.7. The van der Waals surface area contributed by atoms with Crippen molar-refractivity contribution in [2.24, 2.45) is 0 Å². The number of methoxy groups -OCH3 is 1. The maximum absolute atomic E-state index is 11.5. The summed E-state index contributed by atoms with van der Waals surface area (Å²) >= 11 is 0. The molecule has 23 heavy (non-hydrogen) atoms. The van der Waals surface area contributed by atoms with Crippen molar-refractivity contribution in [2.45, 2.75) is 37.4 Å². The molecule has 8 heteroatoms. The second-order valence-electron chi connectivity index (χ2n) is 5.13. The van der Waals surface area contributed by atoms with Gasteiger partial charge in [0.25, 0.3) is 6.23 Å². The van der Waals surface area contributed by atoms with E-state index in [0.717, 1.165) is 0 Å². The van der Waals surface area contributed by atoms with Crippen LogP contribution in [0.2, 0.25) is 0 Å². The molecule has 0 aromatic carbocycles. The first kappa shape index (κ1) is 17.3. The monoisotopic (exact) mass is 326 g/mol. The molecule has 2 heterocycles. The van der Waals surface area contributed by atoms with E-state index in [1.165, 1.54) is 7.11 Å². The van der Waals surface area contributed by atoms with E-state index in [9.17, 15) is 19.8 Å². The first-order valence-electron chi connectivity index (χ1n) is 7.22. The van der Waals surface area contributed by atoms with Crippen molar-refractivity contribution in [2.75, 3.05) is 13.7 Å². The number of carbonyl (C=O) groups excluding carboxylic acids is 2. The molecule has 4 atom stereocenters. The molecule has 0 unspecified atom stereocenters. The Hall–Kier alpha value is -2.03. The third-order valence-corrected chi connectivity index (χ3v) is 3.54. The number of aromatic nitrogens is 1. The number of hydrogen-bond donors (Lipinski definition) is 2. The Balaban J connectivity index is 1.84. The van der Waals surface area contributed by atoms with Crippen LogP contribution in [0.25, 0.3) is 0 Å².